The van der Waals surface area contributed by atoms with Crippen LogP contribution in [-0.2, 0) is 13.0 Å². The van der Waals surface area contributed by atoms with Crippen LogP contribution in [0.4, 0.5) is 13.2 Å². The molecule has 8 nitrogen and oxygen atoms in total. The largest absolute Gasteiger partial charge is 0.573 e. The van der Waals surface area contributed by atoms with Crippen molar-refractivity contribution < 1.29 is 38.0 Å². The minimum absolute atomic E-state index is 0.0103. The highest BCUT2D eigenvalue weighted by molar-refractivity contribution is 5.98. The van der Waals surface area contributed by atoms with Gasteiger partial charge in [0.05, 0.1) is 18.8 Å². The first-order valence-electron chi connectivity index (χ1n) is 13.0. The van der Waals surface area contributed by atoms with E-state index in [1.54, 1.807) is 31.2 Å². The molecule has 1 amide bonds. The van der Waals surface area contributed by atoms with E-state index in [2.05, 4.69) is 20.4 Å². The molecule has 0 aliphatic rings. The van der Waals surface area contributed by atoms with Crippen molar-refractivity contribution in [1.29, 1.82) is 0 Å². The minimum Gasteiger partial charge on any atom is -0.508 e. The zero-order valence-electron chi connectivity index (χ0n) is 22.5. The van der Waals surface area contributed by atoms with Gasteiger partial charge in [-0.3, -0.25) is 4.79 Å². The lowest BCUT2D eigenvalue weighted by atomic mass is 10.0. The Kier molecular flexibility index (Phi) is 9.21. The highest BCUT2D eigenvalue weighted by Crippen LogP contribution is 2.26. The van der Waals surface area contributed by atoms with Crippen molar-refractivity contribution in [3.05, 3.63) is 94.7 Å². The minimum atomic E-state index is -4.80. The van der Waals surface area contributed by atoms with E-state index in [1.807, 2.05) is 25.1 Å². The van der Waals surface area contributed by atoms with Crippen LogP contribution in [0.15, 0.2) is 66.7 Å². The van der Waals surface area contributed by atoms with Crippen LogP contribution in [0, 0.1) is 0 Å². The topological polar surface area (TPSA) is 127 Å². The third-order valence-electron chi connectivity index (χ3n) is 6.73. The zero-order chi connectivity index (χ0) is 29.7. The van der Waals surface area contributed by atoms with Gasteiger partial charge >= 0.3 is 6.36 Å². The molecular weight excluding hydrogens is 539 g/mol. The van der Waals surface area contributed by atoms with Crippen molar-refractivity contribution in [1.82, 2.24) is 15.6 Å². The first kappa shape index (κ1) is 29.9. The molecule has 0 fully saturated rings. The molecule has 4 aromatic rings. The Balaban J connectivity index is 1.35. The number of aromatic nitrogens is 1. The average Bonchev–Trinajstić information content (AvgIpc) is 3.35. The number of benzene rings is 3. The number of aromatic hydroxyl groups is 1. The maximum atomic E-state index is 12.9. The first-order valence-corrected chi connectivity index (χ1v) is 13.0. The number of nitrogens with one attached hydrogen (secondary N) is 3. The summed E-state index contributed by atoms with van der Waals surface area (Å²) in [6, 6.07) is 17.0. The molecule has 0 aliphatic carbocycles. The van der Waals surface area contributed by atoms with Gasteiger partial charge in [0.15, 0.2) is 0 Å². The molecule has 0 radical (unpaired) electrons. The molecule has 0 spiro atoms. The molecule has 0 aliphatic heterocycles. The second-order valence-corrected chi connectivity index (χ2v) is 10.00. The molecule has 0 saturated carbocycles. The van der Waals surface area contributed by atoms with E-state index in [0.29, 0.717) is 28.8 Å². The van der Waals surface area contributed by atoms with Gasteiger partial charge in [-0.15, -0.1) is 13.2 Å². The predicted molar refractivity (Wildman–Crippen MR) is 147 cm³/mol. The Labute approximate surface area is 234 Å². The number of aliphatic hydroxyl groups is 2. The van der Waals surface area contributed by atoms with Gasteiger partial charge < -0.3 is 35.7 Å². The summed E-state index contributed by atoms with van der Waals surface area (Å²) in [6.45, 7) is 3.61. The predicted octanol–water partition coefficient (Wildman–Crippen LogP) is 5.01. The third-order valence-corrected chi connectivity index (χ3v) is 6.73. The maximum absolute atomic E-state index is 12.9. The fourth-order valence-electron chi connectivity index (χ4n) is 4.57. The number of carbonyl (C=O) groups is 1. The molecule has 4 rings (SSSR count). The molecule has 1 unspecified atom stereocenters. The number of aliphatic hydroxyl groups excluding tert-OH is 2. The molecule has 1 aromatic heterocycles. The normalized spacial score (nSPS) is 14.0. The summed E-state index contributed by atoms with van der Waals surface area (Å²) < 4.78 is 41.6. The lowest BCUT2D eigenvalue weighted by Gasteiger charge is -2.18. The standard InChI is InChI=1S/C30H32F3N3O5/c1-17(34-15-28(39)21-7-9-27(38)23(12-21)16-37)10-19-6-8-25-22(11-19)14-26(36-25)29(40)35-18(2)20-4-3-5-24(13-20)41-30(31,32)33/h3-9,11-14,17-18,28,34,36-39H,10,15-16H2,1-2H3,(H,35,40)/t17-,18?,28+/m1/s1. The molecule has 6 N–H and O–H groups in total. The van der Waals surface area contributed by atoms with Crippen LogP contribution in [0.2, 0.25) is 0 Å². The number of halogens is 3. The van der Waals surface area contributed by atoms with Crippen molar-refractivity contribution in [3.63, 3.8) is 0 Å². The van der Waals surface area contributed by atoms with Crippen LogP contribution in [0.5, 0.6) is 11.5 Å². The van der Waals surface area contributed by atoms with Crippen molar-refractivity contribution >= 4 is 16.8 Å². The van der Waals surface area contributed by atoms with Gasteiger partial charge in [0.25, 0.3) is 5.91 Å². The number of aromatic amines is 1. The van der Waals surface area contributed by atoms with E-state index >= 15 is 0 Å². The summed E-state index contributed by atoms with van der Waals surface area (Å²) in [5, 5.41) is 36.5. The van der Waals surface area contributed by atoms with Gasteiger partial charge in [-0.1, -0.05) is 24.3 Å². The van der Waals surface area contributed by atoms with E-state index in [9.17, 15) is 33.3 Å². The third kappa shape index (κ3) is 8.00. The van der Waals surface area contributed by atoms with Crippen LogP contribution in [0.25, 0.3) is 10.9 Å². The van der Waals surface area contributed by atoms with Crippen molar-refractivity contribution in [2.75, 3.05) is 6.54 Å². The lowest BCUT2D eigenvalue weighted by molar-refractivity contribution is -0.274. The molecule has 1 heterocycles. The summed E-state index contributed by atoms with van der Waals surface area (Å²) in [4.78, 5) is 16.0. The summed E-state index contributed by atoms with van der Waals surface area (Å²) in [5.74, 6) is -0.784. The number of hydrogen-bond acceptors (Lipinski definition) is 6. The van der Waals surface area contributed by atoms with E-state index in [-0.39, 0.29) is 30.7 Å². The highest BCUT2D eigenvalue weighted by Gasteiger charge is 2.31. The number of hydrogen-bond donors (Lipinski definition) is 6. The molecule has 41 heavy (non-hydrogen) atoms. The quantitative estimate of drug-likeness (QED) is 0.150. The van der Waals surface area contributed by atoms with Crippen LogP contribution >= 0.6 is 0 Å². The Morgan fingerprint density at radius 1 is 1.02 bits per heavy atom. The average molecular weight is 572 g/mol. The smallest absolute Gasteiger partial charge is 0.508 e. The molecule has 3 atom stereocenters. The van der Waals surface area contributed by atoms with Gasteiger partial charge in [0.1, 0.15) is 17.2 Å². The van der Waals surface area contributed by atoms with Gasteiger partial charge in [0, 0.05) is 29.1 Å². The highest BCUT2D eigenvalue weighted by atomic mass is 19.4. The number of amides is 1. The second-order valence-electron chi connectivity index (χ2n) is 10.00. The number of phenols is 1. The second kappa shape index (κ2) is 12.6. The summed E-state index contributed by atoms with van der Waals surface area (Å²) in [6.07, 6.45) is -4.97. The lowest BCUT2D eigenvalue weighted by Crippen LogP contribution is -2.32. The molecule has 11 heteroatoms. The Hall–Kier alpha value is -4.06. The van der Waals surface area contributed by atoms with Crippen molar-refractivity contribution in [3.8, 4) is 11.5 Å². The van der Waals surface area contributed by atoms with Crippen molar-refractivity contribution in [2.45, 2.75) is 51.4 Å². The van der Waals surface area contributed by atoms with Crippen LogP contribution in [-0.4, -0.2) is 45.2 Å². The van der Waals surface area contributed by atoms with Crippen LogP contribution < -0.4 is 15.4 Å². The Bertz CT molecular complexity index is 1500. The van der Waals surface area contributed by atoms with E-state index in [0.717, 1.165) is 16.5 Å². The molecule has 0 saturated heterocycles. The summed E-state index contributed by atoms with van der Waals surface area (Å²) in [5.41, 5.74) is 3.49. The summed E-state index contributed by atoms with van der Waals surface area (Å²) in [7, 11) is 0. The zero-order valence-corrected chi connectivity index (χ0v) is 22.5. The fourth-order valence-corrected chi connectivity index (χ4v) is 4.57. The SMILES string of the molecule is CC(NC(=O)c1cc2cc(C[C@@H](C)NC[C@H](O)c3ccc(O)c(CO)c3)ccc2[nH]1)c1cccc(OC(F)(F)F)c1. The Morgan fingerprint density at radius 2 is 1.80 bits per heavy atom. The molecule has 3 aromatic carbocycles. The van der Waals surface area contributed by atoms with Gasteiger partial charge in [0.2, 0.25) is 0 Å². The molecule has 218 valence electrons. The van der Waals surface area contributed by atoms with Crippen LogP contribution in [0.1, 0.15) is 58.7 Å². The monoisotopic (exact) mass is 571 g/mol. The number of carbonyl (C=O) groups excluding carboxylic acids is 1. The fraction of sp³-hybridized carbons (Fsp3) is 0.300. The van der Waals surface area contributed by atoms with Gasteiger partial charge in [-0.25, -0.2) is 0 Å². The maximum Gasteiger partial charge on any atom is 0.573 e. The number of fused-ring (bicyclic) bond motifs is 1. The van der Waals surface area contributed by atoms with Gasteiger partial charge in [-0.2, -0.15) is 0 Å². The number of H-pyrrole nitrogens is 1. The van der Waals surface area contributed by atoms with Crippen molar-refractivity contribution in [2.24, 2.45) is 0 Å². The first-order chi connectivity index (χ1) is 19.4. The van der Waals surface area contributed by atoms with Gasteiger partial charge in [-0.05, 0) is 79.4 Å². The Morgan fingerprint density at radius 3 is 2.54 bits per heavy atom. The number of alkyl halides is 3. The van der Waals surface area contributed by atoms with E-state index in [1.165, 1.54) is 24.3 Å². The van der Waals surface area contributed by atoms with E-state index in [4.69, 9.17) is 0 Å². The van der Waals surface area contributed by atoms with Crippen LogP contribution in [0.3, 0.4) is 0 Å². The number of ether oxygens (including phenoxy) is 1. The van der Waals surface area contributed by atoms with E-state index < -0.39 is 24.4 Å². The molecular formula is C30H32F3N3O5. The molecule has 0 bridgehead atoms. The number of rotatable bonds is 11. The summed E-state index contributed by atoms with van der Waals surface area (Å²) >= 11 is 0.